The number of methoxy groups -OCH3 is 2. The summed E-state index contributed by atoms with van der Waals surface area (Å²) in [4.78, 5) is 2.28. The topological polar surface area (TPSA) is 67.9 Å². The quantitative estimate of drug-likeness (QED) is 0.0218. The van der Waals surface area contributed by atoms with Gasteiger partial charge in [-0.2, -0.15) is 39.5 Å². The number of fused-ring (bicyclic) bond motifs is 5. The maximum absolute atomic E-state index is 13.3. The molecule has 3 aliphatic carbocycles. The predicted octanol–water partition coefficient (Wildman–Crippen LogP) is 15.1. The van der Waals surface area contributed by atoms with Gasteiger partial charge in [-0.15, -0.1) is 0 Å². The summed E-state index contributed by atoms with van der Waals surface area (Å²) in [7, 11) is 9.12. The Hall–Kier alpha value is -3.85. The maximum atomic E-state index is 13.3. The standard InChI is InChI=1S/C60H75F9NO7S2/c1-42(41-77-56(44-13-7-6-8-14-44,45-16-20-47(71-4)21-17-45)46-18-22-48(72-5)23-19-46)12-9-33-73-37-39-79-78-38-10-31-70(3)32-36-74-49-24-26-50-43(40-49)15-25-52-51(50)29-30-55(2)53(52)27-28-54(55)75-34-11-35-76-57(58(61,62)63,59(64,65)66)60(67,68)69/h6-8,13-14,16-24,26,40,42,51-54H,1,9-12,15,25,27-39,41H2,2-5H3/t42?,51-,52-,53+,54+,55+/m1/s1. The van der Waals surface area contributed by atoms with Crippen LogP contribution in [0.5, 0.6) is 17.2 Å². The van der Waals surface area contributed by atoms with Crippen molar-refractivity contribution in [3.8, 4) is 17.2 Å². The van der Waals surface area contributed by atoms with Crippen LogP contribution in [0.3, 0.4) is 0 Å². The summed E-state index contributed by atoms with van der Waals surface area (Å²) in [6.07, 6.45) is -13.3. The van der Waals surface area contributed by atoms with Crippen molar-refractivity contribution in [2.45, 2.75) is 113 Å². The molecule has 0 aromatic heterocycles. The van der Waals surface area contributed by atoms with Crippen LogP contribution in [-0.2, 0) is 31.0 Å². The fraction of sp³-hybridized carbons (Fsp3) is 0.583. The van der Waals surface area contributed by atoms with Crippen LogP contribution in [0.2, 0.25) is 0 Å². The summed E-state index contributed by atoms with van der Waals surface area (Å²) in [6.45, 7) is 8.94. The molecule has 7 rings (SSSR count). The van der Waals surface area contributed by atoms with Crippen LogP contribution < -0.4 is 14.2 Å². The van der Waals surface area contributed by atoms with Gasteiger partial charge in [0.1, 0.15) is 29.5 Å². The number of halogens is 9. The van der Waals surface area contributed by atoms with Gasteiger partial charge in [-0.25, -0.2) is 0 Å². The molecule has 3 aliphatic rings. The van der Waals surface area contributed by atoms with Crippen molar-refractivity contribution in [3.05, 3.63) is 132 Å². The first-order valence-corrected chi connectivity index (χ1v) is 29.7. The first-order valence-electron chi connectivity index (χ1n) is 27.2. The second-order valence-corrected chi connectivity index (χ2v) is 23.9. The number of aryl methyl sites for hydroxylation is 1. The molecule has 1 unspecified atom stereocenters. The lowest BCUT2D eigenvalue weighted by Gasteiger charge is -2.50. The lowest BCUT2D eigenvalue weighted by Crippen LogP contribution is -2.67. The predicted molar refractivity (Wildman–Crippen MR) is 292 cm³/mol. The minimum absolute atomic E-state index is 0.0454. The number of hydrogen-bond acceptors (Lipinski definition) is 10. The van der Waals surface area contributed by atoms with Gasteiger partial charge in [-0.1, -0.05) is 89.2 Å². The molecule has 0 heterocycles. The van der Waals surface area contributed by atoms with E-state index in [-0.39, 0.29) is 24.0 Å². The molecule has 4 aromatic rings. The Bertz CT molecular complexity index is 2380. The Morgan fingerprint density at radius 3 is 1.90 bits per heavy atom. The monoisotopic (exact) mass is 1160 g/mol. The minimum Gasteiger partial charge on any atom is -0.497 e. The second-order valence-electron chi connectivity index (χ2n) is 21.2. The zero-order valence-electron chi connectivity index (χ0n) is 45.5. The zero-order valence-corrected chi connectivity index (χ0v) is 47.1. The van der Waals surface area contributed by atoms with Gasteiger partial charge < -0.3 is 38.1 Å². The smallest absolute Gasteiger partial charge is 0.435 e. The molecule has 1 radical (unpaired) electrons. The molecule has 437 valence electrons. The average molecular weight is 1160 g/mol. The Balaban J connectivity index is 0.748. The van der Waals surface area contributed by atoms with Gasteiger partial charge in [0.2, 0.25) is 0 Å². The number of ether oxygens (including phenoxy) is 7. The van der Waals surface area contributed by atoms with E-state index in [0.29, 0.717) is 50.6 Å². The highest BCUT2D eigenvalue weighted by molar-refractivity contribution is 8.76. The van der Waals surface area contributed by atoms with E-state index in [1.54, 1.807) is 14.2 Å². The molecular formula is C60H75F9NO7S2. The molecule has 19 heteroatoms. The largest absolute Gasteiger partial charge is 0.497 e. The van der Waals surface area contributed by atoms with E-state index in [2.05, 4.69) is 79.1 Å². The van der Waals surface area contributed by atoms with Crippen molar-refractivity contribution in [2.24, 2.45) is 23.2 Å². The molecule has 4 aromatic carbocycles. The van der Waals surface area contributed by atoms with Gasteiger partial charge >= 0.3 is 24.1 Å². The van der Waals surface area contributed by atoms with Crippen molar-refractivity contribution in [2.75, 3.05) is 85.5 Å². The van der Waals surface area contributed by atoms with Crippen molar-refractivity contribution < 1.29 is 72.7 Å². The summed E-state index contributed by atoms with van der Waals surface area (Å²) in [5, 5.41) is 0. The lowest BCUT2D eigenvalue weighted by molar-refractivity contribution is -0.457. The molecule has 79 heavy (non-hydrogen) atoms. The van der Waals surface area contributed by atoms with Gasteiger partial charge in [-0.3, -0.25) is 0 Å². The van der Waals surface area contributed by atoms with E-state index in [9.17, 15) is 39.5 Å². The lowest BCUT2D eigenvalue weighted by atomic mass is 9.55. The second kappa shape index (κ2) is 27.9. The van der Waals surface area contributed by atoms with Gasteiger partial charge in [0.15, 0.2) is 0 Å². The fourth-order valence-corrected chi connectivity index (χ4v) is 14.1. The van der Waals surface area contributed by atoms with E-state index in [4.69, 9.17) is 28.4 Å². The molecule has 0 saturated heterocycles. The molecule has 2 fully saturated rings. The van der Waals surface area contributed by atoms with Crippen LogP contribution in [0, 0.1) is 30.1 Å². The van der Waals surface area contributed by atoms with E-state index in [1.165, 1.54) is 11.1 Å². The Labute approximate surface area is 467 Å². The van der Waals surface area contributed by atoms with Crippen LogP contribution in [0.4, 0.5) is 39.5 Å². The van der Waals surface area contributed by atoms with E-state index >= 15 is 0 Å². The zero-order chi connectivity index (χ0) is 56.9. The van der Waals surface area contributed by atoms with Gasteiger partial charge in [-0.05, 0) is 178 Å². The normalized spacial score (nSPS) is 21.1. The van der Waals surface area contributed by atoms with Crippen molar-refractivity contribution in [1.82, 2.24) is 4.90 Å². The molecule has 8 nitrogen and oxygen atoms in total. The van der Waals surface area contributed by atoms with E-state index in [0.717, 1.165) is 110 Å². The first kappa shape index (κ1) is 62.7. The van der Waals surface area contributed by atoms with E-state index in [1.807, 2.05) is 70.1 Å². The Morgan fingerprint density at radius 1 is 0.646 bits per heavy atom. The highest BCUT2D eigenvalue weighted by Crippen LogP contribution is 2.62. The molecule has 6 atom stereocenters. The minimum atomic E-state index is -6.75. The molecule has 0 spiro atoms. The third kappa shape index (κ3) is 14.9. The molecule has 0 bridgehead atoms. The summed E-state index contributed by atoms with van der Waals surface area (Å²) < 4.78 is 159. The number of hydrogen-bond donors (Lipinski definition) is 0. The summed E-state index contributed by atoms with van der Waals surface area (Å²) in [6, 6.07) is 32.7. The van der Waals surface area contributed by atoms with Crippen molar-refractivity contribution >= 4 is 21.6 Å². The maximum Gasteiger partial charge on any atom is 0.435 e. The Morgan fingerprint density at radius 2 is 1.27 bits per heavy atom. The van der Waals surface area contributed by atoms with Crippen LogP contribution >= 0.6 is 21.6 Å². The van der Waals surface area contributed by atoms with Crippen LogP contribution in [0.25, 0.3) is 0 Å². The number of benzene rings is 4. The molecule has 2 saturated carbocycles. The summed E-state index contributed by atoms with van der Waals surface area (Å²) >= 11 is 0. The fourth-order valence-electron chi connectivity index (χ4n) is 12.1. The molecule has 0 aliphatic heterocycles. The third-order valence-corrected chi connectivity index (χ3v) is 18.7. The SMILES string of the molecule is [CH2]C(CCCOCCSSCCCN(C)CCOc1ccc2c(c1)CC[C@@H]1[C@@H]2CC[C@]2(C)[C@@H](OCCCOC(C(F)(F)F)(C(F)(F)F)C(F)(F)F)CC[C@@H]12)COC(c1ccccc1)(c1ccc(OC)cc1)c1ccc(OC)cc1. The van der Waals surface area contributed by atoms with Gasteiger partial charge in [0.05, 0.1) is 40.1 Å². The van der Waals surface area contributed by atoms with Crippen molar-refractivity contribution in [1.29, 1.82) is 0 Å². The highest BCUT2D eigenvalue weighted by atomic mass is 33.1. The summed E-state index contributed by atoms with van der Waals surface area (Å²) in [5.74, 6) is 5.38. The van der Waals surface area contributed by atoms with Crippen LogP contribution in [0.1, 0.15) is 98.4 Å². The molecular weight excluding hydrogens is 1080 g/mol. The van der Waals surface area contributed by atoms with Crippen molar-refractivity contribution in [3.63, 3.8) is 0 Å². The average Bonchev–Trinajstić information content (AvgIpc) is 4.04. The van der Waals surface area contributed by atoms with Crippen LogP contribution in [0.15, 0.2) is 97.1 Å². The first-order chi connectivity index (χ1) is 37.7. The number of alkyl halides is 9. The van der Waals surface area contributed by atoms with Gasteiger partial charge in [0, 0.05) is 31.3 Å². The van der Waals surface area contributed by atoms with Gasteiger partial charge in [0.25, 0.3) is 0 Å². The number of likely N-dealkylation sites (N-methyl/N-ethyl adjacent to an activating group) is 1. The number of nitrogens with zero attached hydrogens (tertiary/aromatic N) is 1. The summed E-state index contributed by atoms with van der Waals surface area (Å²) in [5.41, 5.74) is -1.84. The van der Waals surface area contributed by atoms with Crippen LogP contribution in [-0.4, -0.2) is 121 Å². The molecule has 0 N–H and O–H groups in total. The highest BCUT2D eigenvalue weighted by Gasteiger charge is 2.85. The molecule has 0 amide bonds. The third-order valence-electron chi connectivity index (χ3n) is 16.2. The Kier molecular flexibility index (Phi) is 22.2. The number of rotatable bonds is 30. The van der Waals surface area contributed by atoms with E-state index < -0.39 is 42.8 Å².